The van der Waals surface area contributed by atoms with Crippen LogP contribution in [0.4, 0.5) is 0 Å². The van der Waals surface area contributed by atoms with Crippen LogP contribution in [0.3, 0.4) is 0 Å². The van der Waals surface area contributed by atoms with Crippen molar-refractivity contribution in [2.75, 3.05) is 13.1 Å². The molecule has 4 nitrogen and oxygen atoms in total. The number of carbonyl (C=O) groups excluding carboxylic acids is 1. The van der Waals surface area contributed by atoms with Gasteiger partial charge in [0, 0.05) is 19.0 Å². The highest BCUT2D eigenvalue weighted by Gasteiger charge is 2.57. The maximum Gasteiger partial charge on any atom is 0.311 e. The van der Waals surface area contributed by atoms with E-state index in [1.54, 1.807) is 0 Å². The summed E-state index contributed by atoms with van der Waals surface area (Å²) in [7, 11) is 0. The Bertz CT molecular complexity index is 907. The molecule has 4 heteroatoms. The molecule has 0 spiro atoms. The molecular formula is C22H23NO3. The molecule has 0 radical (unpaired) electrons. The Morgan fingerprint density at radius 1 is 1.12 bits per heavy atom. The van der Waals surface area contributed by atoms with Gasteiger partial charge in [-0.15, -0.1) is 0 Å². The Morgan fingerprint density at radius 3 is 2.69 bits per heavy atom. The van der Waals surface area contributed by atoms with Crippen LogP contribution in [0.2, 0.25) is 0 Å². The molecule has 1 aliphatic heterocycles. The number of carbonyl (C=O) groups is 2. The van der Waals surface area contributed by atoms with Gasteiger partial charge in [0.1, 0.15) is 0 Å². The van der Waals surface area contributed by atoms with Crippen molar-refractivity contribution in [1.82, 2.24) is 4.90 Å². The normalized spacial score (nSPS) is 32.6. The zero-order valence-electron chi connectivity index (χ0n) is 14.7. The van der Waals surface area contributed by atoms with Crippen LogP contribution < -0.4 is 0 Å². The van der Waals surface area contributed by atoms with E-state index in [9.17, 15) is 14.7 Å². The fourth-order valence-electron chi connectivity index (χ4n) is 5.32. The molecule has 3 aliphatic rings. The monoisotopic (exact) mass is 349 g/mol. The van der Waals surface area contributed by atoms with Crippen molar-refractivity contribution < 1.29 is 14.7 Å². The molecule has 134 valence electrons. The van der Waals surface area contributed by atoms with Gasteiger partial charge in [-0.25, -0.2) is 0 Å². The van der Waals surface area contributed by atoms with Crippen LogP contribution in [-0.2, 0) is 9.59 Å². The third-order valence-electron chi connectivity index (χ3n) is 6.92. The molecule has 2 aromatic rings. The van der Waals surface area contributed by atoms with E-state index in [1.165, 1.54) is 16.3 Å². The Balaban J connectivity index is 1.32. The minimum absolute atomic E-state index is 0.0285. The van der Waals surface area contributed by atoms with Crippen LogP contribution in [0.1, 0.15) is 37.2 Å². The van der Waals surface area contributed by atoms with Crippen LogP contribution in [0.25, 0.3) is 10.8 Å². The van der Waals surface area contributed by atoms with Crippen molar-refractivity contribution in [3.8, 4) is 0 Å². The third-order valence-corrected chi connectivity index (χ3v) is 6.92. The van der Waals surface area contributed by atoms with E-state index >= 15 is 0 Å². The van der Waals surface area contributed by atoms with Gasteiger partial charge in [-0.05, 0) is 47.4 Å². The number of hydrogen-bond donors (Lipinski definition) is 1. The summed E-state index contributed by atoms with van der Waals surface area (Å²) < 4.78 is 0. The maximum atomic E-state index is 13.0. The predicted molar refractivity (Wildman–Crippen MR) is 98.8 cm³/mol. The smallest absolute Gasteiger partial charge is 0.311 e. The minimum Gasteiger partial charge on any atom is -0.481 e. The molecule has 1 amide bonds. The summed E-state index contributed by atoms with van der Waals surface area (Å²) in [6.07, 6.45) is 3.52. The van der Waals surface area contributed by atoms with E-state index in [1.807, 2.05) is 17.0 Å². The van der Waals surface area contributed by atoms with Gasteiger partial charge in [0.25, 0.3) is 0 Å². The minimum atomic E-state index is -0.711. The average molecular weight is 349 g/mol. The predicted octanol–water partition coefficient (Wildman–Crippen LogP) is 3.66. The SMILES string of the molecule is O=C(C1CC1c1ccc2ccccc2c1)N1C[C@@H]2CCC[C@@]2(C(=O)O)C1. The standard InChI is InChI=1S/C22H23NO3/c24-20(23-12-17-6-3-9-22(17,13-23)21(25)26)19-11-18(19)16-8-7-14-4-1-2-5-15(14)10-16/h1-2,4-5,7-8,10,17-19H,3,6,9,11-13H2,(H,25,26)/t17-,18?,19?,22+/m0/s1. The van der Waals surface area contributed by atoms with Crippen molar-refractivity contribution in [2.24, 2.45) is 17.3 Å². The summed E-state index contributed by atoms with van der Waals surface area (Å²) >= 11 is 0. The molecule has 3 fully saturated rings. The van der Waals surface area contributed by atoms with Gasteiger partial charge in [0.15, 0.2) is 0 Å². The summed E-state index contributed by atoms with van der Waals surface area (Å²) in [6, 6.07) is 14.7. The molecule has 0 bridgehead atoms. The molecule has 2 aromatic carbocycles. The average Bonchev–Trinajstić information content (AvgIpc) is 3.20. The van der Waals surface area contributed by atoms with Gasteiger partial charge < -0.3 is 10.0 Å². The number of carboxylic acid groups (broad SMARTS) is 1. The van der Waals surface area contributed by atoms with E-state index in [2.05, 4.69) is 30.3 Å². The van der Waals surface area contributed by atoms with Crippen molar-refractivity contribution in [3.63, 3.8) is 0 Å². The third kappa shape index (κ3) is 2.28. The van der Waals surface area contributed by atoms with Gasteiger partial charge in [-0.1, -0.05) is 48.9 Å². The van der Waals surface area contributed by atoms with Gasteiger partial charge in [-0.2, -0.15) is 0 Å². The molecule has 4 atom stereocenters. The lowest BCUT2D eigenvalue weighted by Gasteiger charge is -2.23. The molecule has 2 saturated carbocycles. The molecule has 1 N–H and O–H groups in total. The fourth-order valence-corrected chi connectivity index (χ4v) is 5.32. The quantitative estimate of drug-likeness (QED) is 0.920. The first-order chi connectivity index (χ1) is 12.6. The van der Waals surface area contributed by atoms with E-state index < -0.39 is 11.4 Å². The lowest BCUT2D eigenvalue weighted by molar-refractivity contribution is -0.149. The molecule has 26 heavy (non-hydrogen) atoms. The number of fused-ring (bicyclic) bond motifs is 2. The summed E-state index contributed by atoms with van der Waals surface area (Å²) in [5.74, 6) is -0.0914. The van der Waals surface area contributed by atoms with Crippen molar-refractivity contribution >= 4 is 22.6 Å². The number of likely N-dealkylation sites (tertiary alicyclic amines) is 1. The lowest BCUT2D eigenvalue weighted by Crippen LogP contribution is -2.37. The second kappa shape index (κ2) is 5.57. The second-order valence-corrected chi connectivity index (χ2v) is 8.32. The van der Waals surface area contributed by atoms with Crippen LogP contribution in [0.15, 0.2) is 42.5 Å². The van der Waals surface area contributed by atoms with Gasteiger partial charge in [0.05, 0.1) is 5.41 Å². The first-order valence-electron chi connectivity index (χ1n) is 9.59. The molecule has 2 unspecified atom stereocenters. The first kappa shape index (κ1) is 15.9. The van der Waals surface area contributed by atoms with Gasteiger partial charge in [0.2, 0.25) is 5.91 Å². The Labute approximate surface area is 152 Å². The number of carboxylic acids is 1. The van der Waals surface area contributed by atoms with Crippen LogP contribution in [0.5, 0.6) is 0 Å². The van der Waals surface area contributed by atoms with Gasteiger partial charge >= 0.3 is 5.97 Å². The molecule has 1 heterocycles. The Hall–Kier alpha value is -2.36. The van der Waals surface area contributed by atoms with Gasteiger partial charge in [-0.3, -0.25) is 9.59 Å². The summed E-state index contributed by atoms with van der Waals surface area (Å²) in [4.78, 5) is 26.7. The Morgan fingerprint density at radius 2 is 1.92 bits per heavy atom. The molecule has 2 aliphatic carbocycles. The lowest BCUT2D eigenvalue weighted by atomic mass is 9.81. The number of rotatable bonds is 3. The molecule has 0 aromatic heterocycles. The van der Waals surface area contributed by atoms with E-state index in [-0.39, 0.29) is 23.7 Å². The van der Waals surface area contributed by atoms with Crippen molar-refractivity contribution in [3.05, 3.63) is 48.0 Å². The van der Waals surface area contributed by atoms with Crippen molar-refractivity contribution in [1.29, 1.82) is 0 Å². The largest absolute Gasteiger partial charge is 0.481 e. The number of aliphatic carboxylic acids is 1. The number of nitrogens with zero attached hydrogens (tertiary/aromatic N) is 1. The van der Waals surface area contributed by atoms with E-state index in [4.69, 9.17) is 0 Å². The number of amides is 1. The zero-order chi connectivity index (χ0) is 17.9. The first-order valence-corrected chi connectivity index (χ1v) is 9.59. The highest BCUT2D eigenvalue weighted by atomic mass is 16.4. The highest BCUT2D eigenvalue weighted by molar-refractivity contribution is 5.87. The van der Waals surface area contributed by atoms with Crippen LogP contribution in [-0.4, -0.2) is 35.0 Å². The molecular weight excluding hydrogens is 326 g/mol. The maximum absolute atomic E-state index is 13.0. The van der Waals surface area contributed by atoms with E-state index in [0.29, 0.717) is 13.1 Å². The topological polar surface area (TPSA) is 57.6 Å². The number of hydrogen-bond acceptors (Lipinski definition) is 2. The Kier molecular flexibility index (Phi) is 3.40. The molecule has 1 saturated heterocycles. The van der Waals surface area contributed by atoms with Crippen LogP contribution >= 0.6 is 0 Å². The summed E-state index contributed by atoms with van der Waals surface area (Å²) in [5, 5.41) is 12.2. The van der Waals surface area contributed by atoms with Crippen molar-refractivity contribution in [2.45, 2.75) is 31.6 Å². The second-order valence-electron chi connectivity index (χ2n) is 8.32. The fraction of sp³-hybridized carbons (Fsp3) is 0.455. The summed E-state index contributed by atoms with van der Waals surface area (Å²) in [6.45, 7) is 1.04. The molecule has 5 rings (SSSR count). The zero-order valence-corrected chi connectivity index (χ0v) is 14.7. The van der Waals surface area contributed by atoms with Crippen LogP contribution in [0, 0.1) is 17.3 Å². The van der Waals surface area contributed by atoms with E-state index in [0.717, 1.165) is 25.7 Å². The highest BCUT2D eigenvalue weighted by Crippen LogP contribution is 2.53. The summed E-state index contributed by atoms with van der Waals surface area (Å²) in [5.41, 5.74) is 0.553. The number of benzene rings is 2.